The van der Waals surface area contributed by atoms with E-state index < -0.39 is 5.82 Å². The minimum Gasteiger partial charge on any atom is -0.322 e. The summed E-state index contributed by atoms with van der Waals surface area (Å²) in [4.78, 5) is 26.2. The Morgan fingerprint density at radius 1 is 1.06 bits per heavy atom. The molecule has 2 aromatic carbocycles. The summed E-state index contributed by atoms with van der Waals surface area (Å²) in [6.07, 6.45) is 1.79. The number of nitrogens with one attached hydrogen (secondary N) is 1. The number of urea groups is 1. The molecular weight excluding hydrogens is 467 g/mol. The van der Waals surface area contributed by atoms with E-state index in [9.17, 15) is 9.18 Å². The largest absolute Gasteiger partial charge is 0.322 e. The number of carbonyl (C=O) groups excluding carboxylic acids is 1. The number of piperazine rings is 1. The molecule has 9 heteroatoms. The Kier molecular flexibility index (Phi) is 6.40. The van der Waals surface area contributed by atoms with Gasteiger partial charge in [0, 0.05) is 43.8 Å². The quantitative estimate of drug-likeness (QED) is 0.426. The van der Waals surface area contributed by atoms with Crippen LogP contribution in [0.15, 0.2) is 54.7 Å². The number of imidazole rings is 1. The number of rotatable bonds is 4. The second kappa shape index (κ2) is 9.64. The topological polar surface area (TPSA) is 66.3 Å². The zero-order chi connectivity index (χ0) is 24.5. The van der Waals surface area contributed by atoms with Crippen LogP contribution in [-0.4, -0.2) is 56.5 Å². The lowest BCUT2D eigenvalue weighted by atomic mass is 10.1. The monoisotopic (exact) mass is 492 g/mol. The Balaban J connectivity index is 1.30. The molecule has 1 fully saturated rings. The molecule has 0 spiro atoms. The number of amides is 2. The van der Waals surface area contributed by atoms with Crippen LogP contribution < -0.4 is 5.32 Å². The van der Waals surface area contributed by atoms with Gasteiger partial charge in [-0.25, -0.2) is 19.2 Å². The predicted molar refractivity (Wildman–Crippen MR) is 136 cm³/mol. The molecule has 7 nitrogen and oxygen atoms in total. The molecule has 5 rings (SSSR count). The molecule has 4 aromatic rings. The Morgan fingerprint density at radius 2 is 1.80 bits per heavy atom. The molecule has 1 aliphatic heterocycles. The summed E-state index contributed by atoms with van der Waals surface area (Å²) >= 11 is 5.82. The molecule has 1 aliphatic rings. The summed E-state index contributed by atoms with van der Waals surface area (Å²) in [5, 5.41) is 2.78. The van der Waals surface area contributed by atoms with Crippen molar-refractivity contribution < 1.29 is 9.18 Å². The van der Waals surface area contributed by atoms with Gasteiger partial charge in [0.25, 0.3) is 0 Å². The van der Waals surface area contributed by atoms with Gasteiger partial charge in [-0.2, -0.15) is 0 Å². The molecule has 1 saturated heterocycles. The molecule has 0 atom stereocenters. The first-order valence-electron chi connectivity index (χ1n) is 11.5. The van der Waals surface area contributed by atoms with Crippen molar-refractivity contribution in [2.75, 3.05) is 31.5 Å². The molecule has 0 unspecified atom stereocenters. The highest BCUT2D eigenvalue weighted by Gasteiger charge is 2.24. The lowest BCUT2D eigenvalue weighted by Gasteiger charge is -2.34. The molecule has 2 aromatic heterocycles. The molecule has 0 saturated carbocycles. The maximum atomic E-state index is 13.4. The summed E-state index contributed by atoms with van der Waals surface area (Å²) in [5.41, 5.74) is 5.59. The number of aromatic nitrogens is 3. The standard InChI is InChI=1S/C26H26ClFN6O/c1-17-12-18(2)14-20(13-17)34-24(31-23-4-3-7-29-25(23)34)16-32-8-10-33(11-9-32)26(35)30-19-5-6-22(28)21(27)15-19/h3-7,12-15H,8-11,16H2,1-2H3,(H,30,35). The molecule has 1 N–H and O–H groups in total. The van der Waals surface area contributed by atoms with E-state index in [1.54, 1.807) is 11.1 Å². The van der Waals surface area contributed by atoms with Crippen molar-refractivity contribution in [2.24, 2.45) is 0 Å². The average Bonchev–Trinajstić information content (AvgIpc) is 3.19. The molecule has 0 aliphatic carbocycles. The fourth-order valence-electron chi connectivity index (χ4n) is 4.50. The van der Waals surface area contributed by atoms with E-state index in [1.807, 2.05) is 12.1 Å². The van der Waals surface area contributed by atoms with Gasteiger partial charge in [0.2, 0.25) is 0 Å². The van der Waals surface area contributed by atoms with Crippen LogP contribution in [0, 0.1) is 19.7 Å². The van der Waals surface area contributed by atoms with E-state index in [0.717, 1.165) is 22.7 Å². The van der Waals surface area contributed by atoms with Crippen molar-refractivity contribution in [3.8, 4) is 5.69 Å². The van der Waals surface area contributed by atoms with Crippen LogP contribution in [0.1, 0.15) is 17.0 Å². The Labute approximate surface area is 208 Å². The van der Waals surface area contributed by atoms with Crippen molar-refractivity contribution in [1.82, 2.24) is 24.3 Å². The summed E-state index contributed by atoms with van der Waals surface area (Å²) in [5.74, 6) is 0.405. The molecule has 35 heavy (non-hydrogen) atoms. The summed E-state index contributed by atoms with van der Waals surface area (Å²) in [6.45, 7) is 7.39. The molecule has 0 bridgehead atoms. The first-order chi connectivity index (χ1) is 16.9. The number of anilines is 1. The lowest BCUT2D eigenvalue weighted by Crippen LogP contribution is -2.49. The van der Waals surface area contributed by atoms with E-state index in [2.05, 4.69) is 51.8 Å². The van der Waals surface area contributed by atoms with Crippen molar-refractivity contribution in [2.45, 2.75) is 20.4 Å². The number of hydrogen-bond donors (Lipinski definition) is 1. The molecule has 3 heterocycles. The number of aryl methyl sites for hydroxylation is 2. The van der Waals surface area contributed by atoms with Gasteiger partial charge in [-0.3, -0.25) is 9.47 Å². The number of halogens is 2. The zero-order valence-electron chi connectivity index (χ0n) is 19.6. The smallest absolute Gasteiger partial charge is 0.321 e. The predicted octanol–water partition coefficient (Wildman–Crippen LogP) is 5.18. The van der Waals surface area contributed by atoms with Crippen LogP contribution >= 0.6 is 11.6 Å². The first kappa shape index (κ1) is 23.3. The lowest BCUT2D eigenvalue weighted by molar-refractivity contribution is 0.140. The summed E-state index contributed by atoms with van der Waals surface area (Å²) in [7, 11) is 0. The van der Waals surface area contributed by atoms with Crippen LogP contribution in [0.2, 0.25) is 5.02 Å². The number of pyridine rings is 1. The van der Waals surface area contributed by atoms with Gasteiger partial charge in [0.05, 0.1) is 11.6 Å². The van der Waals surface area contributed by atoms with Gasteiger partial charge in [-0.15, -0.1) is 0 Å². The van der Waals surface area contributed by atoms with Crippen molar-refractivity contribution >= 4 is 34.5 Å². The number of hydrogen-bond acceptors (Lipinski definition) is 4. The van der Waals surface area contributed by atoms with Gasteiger partial charge in [-0.1, -0.05) is 17.7 Å². The van der Waals surface area contributed by atoms with Gasteiger partial charge >= 0.3 is 6.03 Å². The zero-order valence-corrected chi connectivity index (χ0v) is 20.4. The van der Waals surface area contributed by atoms with Crippen molar-refractivity contribution in [1.29, 1.82) is 0 Å². The first-order valence-corrected chi connectivity index (χ1v) is 11.9. The fourth-order valence-corrected chi connectivity index (χ4v) is 4.68. The van der Waals surface area contributed by atoms with Gasteiger partial charge in [0.15, 0.2) is 5.65 Å². The average molecular weight is 493 g/mol. The molecule has 180 valence electrons. The van der Waals surface area contributed by atoms with E-state index in [-0.39, 0.29) is 11.1 Å². The summed E-state index contributed by atoms with van der Waals surface area (Å²) < 4.78 is 15.5. The van der Waals surface area contributed by atoms with Crippen LogP contribution in [0.4, 0.5) is 14.9 Å². The van der Waals surface area contributed by atoms with E-state index in [0.29, 0.717) is 38.4 Å². The van der Waals surface area contributed by atoms with Gasteiger partial charge in [0.1, 0.15) is 17.2 Å². The third kappa shape index (κ3) is 4.99. The SMILES string of the molecule is Cc1cc(C)cc(-n2c(CN3CCN(C(=O)Nc4ccc(F)c(Cl)c4)CC3)nc3cccnc32)c1. The molecular formula is C26H26ClFN6O. The highest BCUT2D eigenvalue weighted by Crippen LogP contribution is 2.24. The molecule has 2 amide bonds. The van der Waals surface area contributed by atoms with Crippen molar-refractivity contribution in [3.05, 3.63) is 82.5 Å². The molecule has 0 radical (unpaired) electrons. The van der Waals surface area contributed by atoms with Crippen LogP contribution in [0.3, 0.4) is 0 Å². The second-order valence-electron chi connectivity index (χ2n) is 8.88. The maximum absolute atomic E-state index is 13.4. The normalized spacial score (nSPS) is 14.5. The van der Waals surface area contributed by atoms with E-state index in [1.165, 1.54) is 29.3 Å². The van der Waals surface area contributed by atoms with Crippen LogP contribution in [-0.2, 0) is 6.54 Å². The second-order valence-corrected chi connectivity index (χ2v) is 9.28. The maximum Gasteiger partial charge on any atom is 0.321 e. The number of carbonyl (C=O) groups is 1. The van der Waals surface area contributed by atoms with Gasteiger partial charge in [-0.05, 0) is 67.4 Å². The Hall–Kier alpha value is -3.49. The number of nitrogens with zero attached hydrogens (tertiary/aromatic N) is 5. The van der Waals surface area contributed by atoms with Crippen LogP contribution in [0.5, 0.6) is 0 Å². The summed E-state index contributed by atoms with van der Waals surface area (Å²) in [6, 6.07) is 14.3. The highest BCUT2D eigenvalue weighted by molar-refractivity contribution is 6.31. The number of fused-ring (bicyclic) bond motifs is 1. The Morgan fingerprint density at radius 3 is 2.51 bits per heavy atom. The minimum atomic E-state index is -0.514. The third-order valence-electron chi connectivity index (χ3n) is 6.15. The van der Waals surface area contributed by atoms with Crippen LogP contribution in [0.25, 0.3) is 16.9 Å². The van der Waals surface area contributed by atoms with Crippen molar-refractivity contribution in [3.63, 3.8) is 0 Å². The van der Waals surface area contributed by atoms with Gasteiger partial charge < -0.3 is 10.2 Å². The van der Waals surface area contributed by atoms with E-state index in [4.69, 9.17) is 16.6 Å². The highest BCUT2D eigenvalue weighted by atomic mass is 35.5. The number of benzene rings is 2. The fraction of sp³-hybridized carbons (Fsp3) is 0.269. The minimum absolute atomic E-state index is 0.0196. The Bertz CT molecular complexity index is 1380. The van der Waals surface area contributed by atoms with E-state index >= 15 is 0 Å². The third-order valence-corrected chi connectivity index (χ3v) is 6.44.